The van der Waals surface area contributed by atoms with E-state index in [2.05, 4.69) is 38.7 Å². The molecule has 2 aromatic carbocycles. The lowest BCUT2D eigenvalue weighted by atomic mass is 10.2. The van der Waals surface area contributed by atoms with Crippen LogP contribution in [0.25, 0.3) is 0 Å². The fourth-order valence-corrected chi connectivity index (χ4v) is 2.77. The summed E-state index contributed by atoms with van der Waals surface area (Å²) in [6.45, 7) is 5.48. The first kappa shape index (κ1) is 20.8. The van der Waals surface area contributed by atoms with Gasteiger partial charge in [0, 0.05) is 16.4 Å². The lowest BCUT2D eigenvalue weighted by Gasteiger charge is -2.12. The highest BCUT2D eigenvalue weighted by Crippen LogP contribution is 2.25. The molecule has 0 radical (unpaired) electrons. The molecule has 2 amide bonds. The Morgan fingerprint density at radius 1 is 1.11 bits per heavy atom. The van der Waals surface area contributed by atoms with Crippen LogP contribution in [0.1, 0.15) is 12.0 Å². The number of carbonyl (C=O) groups excluding carboxylic acids is 2. The molecule has 3 N–H and O–H groups in total. The van der Waals surface area contributed by atoms with Gasteiger partial charge in [-0.05, 0) is 64.8 Å². The molecule has 0 aliphatic heterocycles. The van der Waals surface area contributed by atoms with Crippen LogP contribution in [0.2, 0.25) is 5.02 Å². The summed E-state index contributed by atoms with van der Waals surface area (Å²) >= 11 is 9.17. The van der Waals surface area contributed by atoms with E-state index in [1.807, 2.05) is 19.1 Å². The van der Waals surface area contributed by atoms with E-state index in [-0.39, 0.29) is 18.9 Å². The van der Waals surface area contributed by atoms with Crippen LogP contribution in [-0.2, 0) is 9.59 Å². The van der Waals surface area contributed by atoms with E-state index in [0.29, 0.717) is 22.2 Å². The minimum absolute atomic E-state index is 0.00667. The molecule has 6 nitrogen and oxygen atoms in total. The summed E-state index contributed by atoms with van der Waals surface area (Å²) in [5, 5.41) is 3.29. The third-order valence-corrected chi connectivity index (χ3v) is 4.20. The van der Waals surface area contributed by atoms with E-state index in [9.17, 15) is 9.59 Å². The zero-order valence-corrected chi connectivity index (χ0v) is 17.0. The maximum atomic E-state index is 11.9. The molecule has 0 spiro atoms. The molecule has 0 heterocycles. The van der Waals surface area contributed by atoms with E-state index in [1.165, 1.54) is 0 Å². The van der Waals surface area contributed by atoms with Crippen LogP contribution in [-0.4, -0.2) is 18.4 Å². The zero-order valence-electron chi connectivity index (χ0n) is 14.6. The minimum Gasteiger partial charge on any atom is -0.483 e. The molecule has 2 rings (SSSR count). The molecule has 27 heavy (non-hydrogen) atoms. The Bertz CT molecular complexity index is 841. The van der Waals surface area contributed by atoms with Crippen molar-refractivity contribution in [3.63, 3.8) is 0 Å². The van der Waals surface area contributed by atoms with Crippen molar-refractivity contribution in [2.45, 2.75) is 13.3 Å². The average Bonchev–Trinajstić information content (AvgIpc) is 2.61. The van der Waals surface area contributed by atoms with Crippen LogP contribution in [0.5, 0.6) is 5.75 Å². The Balaban J connectivity index is 1.70. The summed E-state index contributed by atoms with van der Waals surface area (Å²) in [7, 11) is 0. The van der Waals surface area contributed by atoms with Gasteiger partial charge in [0.05, 0.1) is 10.9 Å². The summed E-state index contributed by atoms with van der Waals surface area (Å²) in [5.74, 6) is -0.109. The summed E-state index contributed by atoms with van der Waals surface area (Å²) in [5.41, 5.74) is 7.07. The fourth-order valence-electron chi connectivity index (χ4n) is 2.04. The van der Waals surface area contributed by atoms with Crippen LogP contribution >= 0.6 is 27.5 Å². The van der Waals surface area contributed by atoms with Crippen molar-refractivity contribution in [2.24, 2.45) is 0 Å². The predicted octanol–water partition coefficient (Wildman–Crippen LogP) is 3.95. The Morgan fingerprint density at radius 3 is 2.48 bits per heavy atom. The molecule has 0 aliphatic rings. The molecule has 0 atom stereocenters. The van der Waals surface area contributed by atoms with E-state index in [1.54, 1.807) is 30.3 Å². The van der Waals surface area contributed by atoms with Gasteiger partial charge in [0.15, 0.2) is 6.61 Å². The van der Waals surface area contributed by atoms with Crippen molar-refractivity contribution < 1.29 is 14.3 Å². The highest BCUT2D eigenvalue weighted by Gasteiger charge is 2.08. The van der Waals surface area contributed by atoms with Gasteiger partial charge < -0.3 is 15.5 Å². The summed E-state index contributed by atoms with van der Waals surface area (Å²) in [4.78, 5) is 23.8. The van der Waals surface area contributed by atoms with Crippen molar-refractivity contribution in [3.8, 4) is 5.75 Å². The second-order valence-corrected chi connectivity index (χ2v) is 7.02. The molecule has 0 aromatic heterocycles. The molecular formula is C19H19BrClN3O3. The van der Waals surface area contributed by atoms with Gasteiger partial charge >= 0.3 is 0 Å². The number of hydrogen-bond acceptors (Lipinski definition) is 4. The van der Waals surface area contributed by atoms with Crippen molar-refractivity contribution in [2.75, 3.05) is 11.9 Å². The standard InChI is InChI=1S/C19H19BrClN3O3/c1-12-3-8-17(16(20)9-12)27-11-19(26)24-23-13(2)10-18(25)22-15-6-4-14(21)5-7-15/h3-9,23H,2,10-11H2,1H3,(H,22,25)(H,24,26). The number of rotatable bonds is 8. The molecule has 0 bridgehead atoms. The van der Waals surface area contributed by atoms with Crippen LogP contribution in [0.3, 0.4) is 0 Å². The Kier molecular flexibility index (Phi) is 7.69. The highest BCUT2D eigenvalue weighted by molar-refractivity contribution is 9.10. The molecule has 0 unspecified atom stereocenters. The molecule has 0 saturated carbocycles. The highest BCUT2D eigenvalue weighted by atomic mass is 79.9. The van der Waals surface area contributed by atoms with Crippen LogP contribution in [0, 0.1) is 6.92 Å². The van der Waals surface area contributed by atoms with Gasteiger partial charge in [-0.25, -0.2) is 0 Å². The maximum Gasteiger partial charge on any atom is 0.276 e. The van der Waals surface area contributed by atoms with E-state index in [0.717, 1.165) is 10.0 Å². The number of hydrazine groups is 1. The number of amides is 2. The third-order valence-electron chi connectivity index (χ3n) is 3.33. The van der Waals surface area contributed by atoms with Crippen molar-refractivity contribution in [1.82, 2.24) is 10.9 Å². The molecule has 2 aromatic rings. The number of benzene rings is 2. The summed E-state index contributed by atoms with van der Waals surface area (Å²) < 4.78 is 6.21. The van der Waals surface area contributed by atoms with Gasteiger partial charge in [-0.1, -0.05) is 24.2 Å². The molecule has 0 saturated heterocycles. The lowest BCUT2D eigenvalue weighted by molar-refractivity contribution is -0.124. The fraction of sp³-hybridized carbons (Fsp3) is 0.158. The number of halogens is 2. The molecule has 0 aliphatic carbocycles. The number of ether oxygens (including phenoxy) is 1. The molecular weight excluding hydrogens is 434 g/mol. The maximum absolute atomic E-state index is 11.9. The Hall–Kier alpha value is -2.51. The number of anilines is 1. The van der Waals surface area contributed by atoms with Gasteiger partial charge in [-0.3, -0.25) is 15.0 Å². The van der Waals surface area contributed by atoms with Crippen LogP contribution in [0.4, 0.5) is 5.69 Å². The van der Waals surface area contributed by atoms with Crippen LogP contribution < -0.4 is 20.9 Å². The quantitative estimate of drug-likeness (QED) is 0.530. The Morgan fingerprint density at radius 2 is 1.81 bits per heavy atom. The van der Waals surface area contributed by atoms with Crippen molar-refractivity contribution >= 4 is 45.0 Å². The summed E-state index contributed by atoms with van der Waals surface area (Å²) in [6, 6.07) is 12.3. The third kappa shape index (κ3) is 7.32. The van der Waals surface area contributed by atoms with Crippen molar-refractivity contribution in [1.29, 1.82) is 0 Å². The number of carbonyl (C=O) groups is 2. The first-order valence-electron chi connectivity index (χ1n) is 8.00. The number of aryl methyl sites for hydroxylation is 1. The van der Waals surface area contributed by atoms with E-state index < -0.39 is 5.91 Å². The van der Waals surface area contributed by atoms with Gasteiger partial charge in [0.25, 0.3) is 5.91 Å². The van der Waals surface area contributed by atoms with Crippen molar-refractivity contribution in [3.05, 3.63) is 69.8 Å². The predicted molar refractivity (Wildman–Crippen MR) is 109 cm³/mol. The minimum atomic E-state index is -0.401. The topological polar surface area (TPSA) is 79.5 Å². The van der Waals surface area contributed by atoms with Gasteiger partial charge in [-0.15, -0.1) is 0 Å². The first-order chi connectivity index (χ1) is 12.8. The smallest absolute Gasteiger partial charge is 0.276 e. The monoisotopic (exact) mass is 451 g/mol. The summed E-state index contributed by atoms with van der Waals surface area (Å²) in [6.07, 6.45) is -0.00667. The molecule has 0 fully saturated rings. The van der Waals surface area contributed by atoms with Gasteiger partial charge in [0.1, 0.15) is 5.75 Å². The average molecular weight is 453 g/mol. The van der Waals surface area contributed by atoms with Crippen LogP contribution in [0.15, 0.2) is 59.2 Å². The second kappa shape index (κ2) is 9.99. The lowest BCUT2D eigenvalue weighted by Crippen LogP contribution is -2.40. The normalized spacial score (nSPS) is 10.0. The first-order valence-corrected chi connectivity index (χ1v) is 9.17. The zero-order chi connectivity index (χ0) is 19.8. The number of nitrogens with one attached hydrogen (secondary N) is 3. The van der Waals surface area contributed by atoms with Gasteiger partial charge in [-0.2, -0.15) is 0 Å². The van der Waals surface area contributed by atoms with E-state index in [4.69, 9.17) is 16.3 Å². The Labute approximate surface area is 171 Å². The number of hydrogen-bond donors (Lipinski definition) is 3. The SMILES string of the molecule is C=C(CC(=O)Nc1ccc(Cl)cc1)NNC(=O)COc1ccc(C)cc1Br. The van der Waals surface area contributed by atoms with Gasteiger partial charge in [0.2, 0.25) is 5.91 Å². The largest absolute Gasteiger partial charge is 0.483 e. The molecule has 142 valence electrons. The van der Waals surface area contributed by atoms with E-state index >= 15 is 0 Å². The molecule has 8 heteroatoms. The second-order valence-electron chi connectivity index (χ2n) is 5.73.